The minimum atomic E-state index is -2.85. The Morgan fingerprint density at radius 1 is 1.32 bits per heavy atom. The molecule has 0 saturated heterocycles. The van der Waals surface area contributed by atoms with Crippen molar-refractivity contribution in [3.63, 3.8) is 0 Å². The minimum absolute atomic E-state index is 0.241. The third-order valence-corrected chi connectivity index (χ3v) is 4.87. The number of amides is 1. The SMILES string of the molecule is CC(C)CC(NP(C)(=O)c1ccccc1)C(=O)NO. The average Bonchev–Trinajstić information content (AvgIpc) is 2.37. The van der Waals surface area contributed by atoms with Crippen LogP contribution in [0.1, 0.15) is 20.3 Å². The van der Waals surface area contributed by atoms with Crippen molar-refractivity contribution in [3.05, 3.63) is 30.3 Å². The Labute approximate surface area is 113 Å². The molecule has 2 atom stereocenters. The van der Waals surface area contributed by atoms with Gasteiger partial charge in [-0.05, 0) is 12.3 Å². The molecule has 106 valence electrons. The Bertz CT molecular complexity index is 462. The van der Waals surface area contributed by atoms with Crippen LogP contribution in [-0.4, -0.2) is 23.8 Å². The maximum Gasteiger partial charge on any atom is 0.260 e. The van der Waals surface area contributed by atoms with E-state index in [2.05, 4.69) is 5.09 Å². The zero-order chi connectivity index (χ0) is 14.5. The van der Waals surface area contributed by atoms with Gasteiger partial charge >= 0.3 is 0 Å². The van der Waals surface area contributed by atoms with Crippen LogP contribution in [0.4, 0.5) is 0 Å². The van der Waals surface area contributed by atoms with Gasteiger partial charge in [-0.25, -0.2) is 5.48 Å². The third-order valence-electron chi connectivity index (χ3n) is 2.78. The van der Waals surface area contributed by atoms with Gasteiger partial charge in [-0.1, -0.05) is 44.2 Å². The van der Waals surface area contributed by atoms with E-state index in [1.807, 2.05) is 19.9 Å². The first-order valence-corrected chi connectivity index (χ1v) is 8.37. The van der Waals surface area contributed by atoms with E-state index in [0.717, 1.165) is 0 Å². The molecule has 6 heteroatoms. The molecule has 2 unspecified atom stereocenters. The van der Waals surface area contributed by atoms with Gasteiger partial charge in [0.25, 0.3) is 5.91 Å². The molecule has 0 aliphatic carbocycles. The van der Waals surface area contributed by atoms with Crippen molar-refractivity contribution in [1.82, 2.24) is 10.6 Å². The van der Waals surface area contributed by atoms with Crippen LogP contribution in [0.15, 0.2) is 30.3 Å². The summed E-state index contributed by atoms with van der Waals surface area (Å²) in [6.45, 7) is 5.51. The highest BCUT2D eigenvalue weighted by atomic mass is 31.2. The van der Waals surface area contributed by atoms with Crippen molar-refractivity contribution >= 4 is 18.5 Å². The van der Waals surface area contributed by atoms with Crippen LogP contribution in [0.5, 0.6) is 0 Å². The number of hydroxylamine groups is 1. The van der Waals surface area contributed by atoms with Gasteiger partial charge in [0.2, 0.25) is 0 Å². The molecule has 1 aromatic rings. The summed E-state index contributed by atoms with van der Waals surface area (Å²) in [5, 5.41) is 12.3. The first-order chi connectivity index (χ1) is 8.86. The lowest BCUT2D eigenvalue weighted by molar-refractivity contribution is -0.131. The second-order valence-corrected chi connectivity index (χ2v) is 7.67. The van der Waals surface area contributed by atoms with Crippen LogP contribution in [0, 0.1) is 5.92 Å². The number of nitrogens with one attached hydrogen (secondary N) is 2. The van der Waals surface area contributed by atoms with E-state index >= 15 is 0 Å². The minimum Gasteiger partial charge on any atom is -0.302 e. The van der Waals surface area contributed by atoms with Crippen molar-refractivity contribution in [2.45, 2.75) is 26.3 Å². The summed E-state index contributed by atoms with van der Waals surface area (Å²) in [4.78, 5) is 11.6. The third kappa shape index (κ3) is 4.78. The van der Waals surface area contributed by atoms with Crippen LogP contribution in [-0.2, 0) is 9.36 Å². The molecule has 0 spiro atoms. The van der Waals surface area contributed by atoms with Crippen molar-refractivity contribution < 1.29 is 14.6 Å². The fourth-order valence-electron chi connectivity index (χ4n) is 1.85. The summed E-state index contributed by atoms with van der Waals surface area (Å²) in [6.07, 6.45) is 0.497. The van der Waals surface area contributed by atoms with Gasteiger partial charge in [0, 0.05) is 12.0 Å². The highest BCUT2D eigenvalue weighted by Crippen LogP contribution is 2.36. The highest BCUT2D eigenvalue weighted by molar-refractivity contribution is 7.69. The van der Waals surface area contributed by atoms with Gasteiger partial charge in [-0.15, -0.1) is 0 Å². The fraction of sp³-hybridized carbons (Fsp3) is 0.462. The lowest BCUT2D eigenvalue weighted by atomic mass is 10.0. The van der Waals surface area contributed by atoms with Crippen LogP contribution in [0.2, 0.25) is 0 Å². The summed E-state index contributed by atoms with van der Waals surface area (Å²) in [5.74, 6) is -0.322. The zero-order valence-electron chi connectivity index (χ0n) is 11.5. The van der Waals surface area contributed by atoms with Gasteiger partial charge < -0.3 is 4.57 Å². The summed E-state index contributed by atoms with van der Waals surface area (Å²) in [5.41, 5.74) is 1.62. The molecular formula is C13H21N2O3P. The normalized spacial score (nSPS) is 15.8. The monoisotopic (exact) mass is 284 g/mol. The molecule has 0 radical (unpaired) electrons. The van der Waals surface area contributed by atoms with Crippen LogP contribution in [0.25, 0.3) is 0 Å². The summed E-state index contributed by atoms with van der Waals surface area (Å²) < 4.78 is 12.7. The van der Waals surface area contributed by atoms with Crippen LogP contribution >= 0.6 is 7.29 Å². The van der Waals surface area contributed by atoms with Gasteiger partial charge in [0.1, 0.15) is 0 Å². The fourth-order valence-corrected chi connectivity index (χ4v) is 3.56. The van der Waals surface area contributed by atoms with E-state index in [0.29, 0.717) is 11.7 Å². The maximum atomic E-state index is 12.7. The quantitative estimate of drug-likeness (QED) is 0.422. The van der Waals surface area contributed by atoms with Gasteiger partial charge in [-0.2, -0.15) is 0 Å². The number of benzene rings is 1. The predicted molar refractivity (Wildman–Crippen MR) is 75.9 cm³/mol. The Balaban J connectivity index is 2.89. The molecule has 0 aromatic heterocycles. The van der Waals surface area contributed by atoms with E-state index in [9.17, 15) is 9.36 Å². The standard InChI is InChI=1S/C13H21N2O3P/c1-10(2)9-12(13(16)14-17)15-19(3,18)11-7-5-4-6-8-11/h4-8,10,12,17H,9H2,1-3H3,(H,14,16)(H,15,18). The average molecular weight is 284 g/mol. The number of hydrogen-bond donors (Lipinski definition) is 3. The molecule has 5 nitrogen and oxygen atoms in total. The molecule has 0 heterocycles. The first-order valence-electron chi connectivity index (χ1n) is 6.21. The van der Waals surface area contributed by atoms with E-state index in [4.69, 9.17) is 5.21 Å². The molecule has 19 heavy (non-hydrogen) atoms. The Hall–Kier alpha value is -1.16. The lowest BCUT2D eigenvalue weighted by Crippen LogP contribution is -2.43. The molecule has 0 bridgehead atoms. The number of hydrogen-bond acceptors (Lipinski definition) is 3. The summed E-state index contributed by atoms with van der Waals surface area (Å²) >= 11 is 0. The van der Waals surface area contributed by atoms with Crippen molar-refractivity contribution in [2.75, 3.05) is 6.66 Å². The summed E-state index contributed by atoms with van der Waals surface area (Å²) in [6, 6.07) is 8.29. The van der Waals surface area contributed by atoms with Crippen molar-refractivity contribution in [1.29, 1.82) is 0 Å². The van der Waals surface area contributed by atoms with Crippen molar-refractivity contribution in [2.24, 2.45) is 5.92 Å². The molecule has 1 amide bonds. The lowest BCUT2D eigenvalue weighted by Gasteiger charge is -2.23. The molecule has 0 aliphatic heterocycles. The van der Waals surface area contributed by atoms with Crippen LogP contribution in [0.3, 0.4) is 0 Å². The number of carbonyl (C=O) groups is 1. The Kier molecular flexibility index (Phi) is 5.73. The van der Waals surface area contributed by atoms with Gasteiger partial charge in [-0.3, -0.25) is 15.1 Å². The van der Waals surface area contributed by atoms with Crippen molar-refractivity contribution in [3.8, 4) is 0 Å². The number of rotatable bonds is 6. The smallest absolute Gasteiger partial charge is 0.260 e. The maximum absolute atomic E-state index is 12.7. The second kappa shape index (κ2) is 6.85. The molecular weight excluding hydrogens is 263 g/mol. The predicted octanol–water partition coefficient (Wildman–Crippen LogP) is 1.73. The van der Waals surface area contributed by atoms with E-state index < -0.39 is 19.2 Å². The molecule has 0 saturated carbocycles. The number of carbonyl (C=O) groups excluding carboxylic acids is 1. The highest BCUT2D eigenvalue weighted by Gasteiger charge is 2.27. The summed E-state index contributed by atoms with van der Waals surface area (Å²) in [7, 11) is -2.85. The first kappa shape index (κ1) is 15.9. The van der Waals surface area contributed by atoms with E-state index in [1.54, 1.807) is 36.4 Å². The Morgan fingerprint density at radius 2 is 1.89 bits per heavy atom. The van der Waals surface area contributed by atoms with Gasteiger partial charge in [0.15, 0.2) is 7.29 Å². The zero-order valence-corrected chi connectivity index (χ0v) is 12.4. The molecule has 3 N–H and O–H groups in total. The van der Waals surface area contributed by atoms with Crippen LogP contribution < -0.4 is 15.9 Å². The largest absolute Gasteiger partial charge is 0.302 e. The molecule has 0 fully saturated rings. The molecule has 1 aromatic carbocycles. The van der Waals surface area contributed by atoms with Gasteiger partial charge in [0.05, 0.1) is 6.04 Å². The van der Waals surface area contributed by atoms with E-state index in [1.165, 1.54) is 0 Å². The van der Waals surface area contributed by atoms with E-state index in [-0.39, 0.29) is 5.92 Å². The molecule has 0 aliphatic rings. The second-order valence-electron chi connectivity index (χ2n) is 5.05. The topological polar surface area (TPSA) is 78.4 Å². The Morgan fingerprint density at radius 3 is 2.37 bits per heavy atom. The molecule has 1 rings (SSSR count).